The minimum atomic E-state index is -4.92. The summed E-state index contributed by atoms with van der Waals surface area (Å²) in [6, 6.07) is 2.58. The number of carbonyl (C=O) groups excluding carboxylic acids is 4. The topological polar surface area (TPSA) is 212 Å². The number of nitrogens with one attached hydrogen (secondary N) is 2. The Morgan fingerprint density at radius 1 is 1.06 bits per heavy atom. The maximum Gasteiger partial charge on any atom is 0.427 e. The van der Waals surface area contributed by atoms with Gasteiger partial charge in [-0.05, 0) is 102 Å². The van der Waals surface area contributed by atoms with Gasteiger partial charge in [-0.1, -0.05) is 32.4 Å². The Morgan fingerprint density at radius 3 is 2.40 bits per heavy atom. The van der Waals surface area contributed by atoms with Crippen molar-refractivity contribution >= 4 is 50.7 Å². The van der Waals surface area contributed by atoms with Crippen LogP contribution in [0.2, 0.25) is 0 Å². The number of alkyl carbamates (subject to hydrolysis) is 1. The molecule has 0 radical (unpaired) electrons. The summed E-state index contributed by atoms with van der Waals surface area (Å²) in [5.74, 6) is -2.61. The van der Waals surface area contributed by atoms with Crippen LogP contribution in [0.15, 0.2) is 30.4 Å². The number of ether oxygens (including phenoxy) is 3. The number of nitrogens with zero attached hydrogens (tertiary/aromatic N) is 4. The van der Waals surface area contributed by atoms with E-state index in [0.717, 1.165) is 25.9 Å². The van der Waals surface area contributed by atoms with Gasteiger partial charge in [-0.2, -0.15) is 18.2 Å². The molecule has 0 spiro atoms. The molecule has 2 saturated carbocycles. The Kier molecular flexibility index (Phi) is 15.1. The van der Waals surface area contributed by atoms with Gasteiger partial charge in [-0.15, -0.1) is 0 Å². The predicted octanol–water partition coefficient (Wildman–Crippen LogP) is 5.87. The molecule has 1 aromatic carbocycles. The van der Waals surface area contributed by atoms with Crippen molar-refractivity contribution in [3.8, 4) is 11.6 Å². The fraction of sp³-hybridized carbons (Fsp3) is 0.682. The standard InChI is InChI=1S/C44H61F4N7O9S/c1-26(11-6-7-12-28-13-10-14-31(28)37(57)53-65(60,61)43(25-45)17-18-43)21-27(2)35(51-41(59)64-42(3,4)44(46,47)48)39(58)55-24-30(23-34(55)36(49)56)63-38-32-16-15-29(62-5)22-33(32)50-40(52-38)54-19-8-9-20-54/h7,12,15-16,22,26-28,30-31,34-35H,6,8-11,13-14,17-21,23-25H2,1-5H3,(H2,49,56)(H,51,59)(H,53,57)/b12-7-/t26-,27+,28+,30+,31?,34-,35-/m0/s1. The van der Waals surface area contributed by atoms with E-state index in [2.05, 4.69) is 10.0 Å². The van der Waals surface area contributed by atoms with Crippen LogP contribution in [0.4, 0.5) is 28.3 Å². The second-order valence-corrected chi connectivity index (χ2v) is 20.7. The first-order chi connectivity index (χ1) is 30.6. The van der Waals surface area contributed by atoms with Crippen LogP contribution in [0.5, 0.6) is 11.6 Å². The quantitative estimate of drug-likeness (QED) is 0.112. The molecular weight excluding hydrogens is 879 g/mol. The number of hydrogen-bond acceptors (Lipinski definition) is 12. The van der Waals surface area contributed by atoms with E-state index < -0.39 is 87.1 Å². The lowest BCUT2D eigenvalue weighted by Gasteiger charge is -2.33. The van der Waals surface area contributed by atoms with Crippen molar-refractivity contribution < 1.29 is 59.4 Å². The van der Waals surface area contributed by atoms with Crippen molar-refractivity contribution in [1.82, 2.24) is 24.9 Å². The summed E-state index contributed by atoms with van der Waals surface area (Å²) in [6.45, 7) is 5.24. The highest BCUT2D eigenvalue weighted by Gasteiger charge is 2.56. The molecule has 1 aromatic heterocycles. The number of anilines is 1. The summed E-state index contributed by atoms with van der Waals surface area (Å²) in [6.07, 6.45) is 2.12. The van der Waals surface area contributed by atoms with E-state index in [1.165, 1.54) is 12.0 Å². The van der Waals surface area contributed by atoms with Crippen LogP contribution in [0.25, 0.3) is 10.9 Å². The van der Waals surface area contributed by atoms with Gasteiger partial charge in [-0.3, -0.25) is 19.1 Å². The first-order valence-electron chi connectivity index (χ1n) is 22.3. The lowest BCUT2D eigenvalue weighted by molar-refractivity contribution is -0.244. The number of sulfonamides is 1. The second-order valence-electron chi connectivity index (χ2n) is 18.6. The molecule has 7 atom stereocenters. The van der Waals surface area contributed by atoms with Gasteiger partial charge in [0, 0.05) is 31.5 Å². The van der Waals surface area contributed by atoms with Crippen molar-refractivity contribution in [3.63, 3.8) is 0 Å². The largest absolute Gasteiger partial charge is 0.497 e. The molecule has 3 heterocycles. The molecule has 4 fully saturated rings. The normalized spacial score (nSPS) is 23.6. The zero-order valence-electron chi connectivity index (χ0n) is 37.5. The van der Waals surface area contributed by atoms with Crippen molar-refractivity contribution in [2.45, 2.75) is 133 Å². The number of alkyl halides is 4. The third kappa shape index (κ3) is 11.4. The number of aromatic nitrogens is 2. The SMILES string of the molecule is COc1ccc2c(O[C@@H]3C[C@@H](C(N)=O)N(C(=O)[C@@H](NC(=O)OC(C)(C)C(F)(F)F)[C@H](C)C[C@@H](C)CC/C=C\[C@@H]4CCCC4C(=O)NS(=O)(=O)C4(CF)CC4)C3)nc(N3CCCC3)nc2c1. The molecule has 1 unspecified atom stereocenters. The van der Waals surface area contributed by atoms with Gasteiger partial charge in [0.2, 0.25) is 45.2 Å². The summed E-state index contributed by atoms with van der Waals surface area (Å²) < 4.78 is 97.4. The number of primary amides is 1. The number of methoxy groups -OCH3 is 1. The summed E-state index contributed by atoms with van der Waals surface area (Å²) >= 11 is 0. The number of halogens is 4. The molecule has 6 rings (SSSR count). The molecule has 65 heavy (non-hydrogen) atoms. The van der Waals surface area contributed by atoms with Crippen molar-refractivity contribution in [3.05, 3.63) is 30.4 Å². The van der Waals surface area contributed by atoms with Crippen LogP contribution in [0.3, 0.4) is 0 Å². The lowest BCUT2D eigenvalue weighted by atomic mass is 9.87. The Labute approximate surface area is 376 Å². The number of allylic oxidation sites excluding steroid dienone is 2. The molecule has 4 aliphatic rings. The monoisotopic (exact) mass is 939 g/mol. The van der Waals surface area contributed by atoms with Crippen molar-refractivity contribution in [2.75, 3.05) is 38.3 Å². The number of carbonyl (C=O) groups is 4. The zero-order valence-corrected chi connectivity index (χ0v) is 38.3. The molecule has 16 nitrogen and oxygen atoms in total. The highest BCUT2D eigenvalue weighted by molar-refractivity contribution is 7.91. The Bertz CT molecular complexity index is 2220. The van der Waals surface area contributed by atoms with Crippen LogP contribution < -0.4 is 30.1 Å². The predicted molar refractivity (Wildman–Crippen MR) is 232 cm³/mol. The maximum absolute atomic E-state index is 14.6. The van der Waals surface area contributed by atoms with Crippen LogP contribution in [-0.2, 0) is 29.1 Å². The highest BCUT2D eigenvalue weighted by Crippen LogP contribution is 2.44. The van der Waals surface area contributed by atoms with Gasteiger partial charge in [-0.25, -0.2) is 22.6 Å². The van der Waals surface area contributed by atoms with E-state index in [-0.39, 0.29) is 43.5 Å². The van der Waals surface area contributed by atoms with Crippen molar-refractivity contribution in [1.29, 1.82) is 0 Å². The van der Waals surface area contributed by atoms with Gasteiger partial charge in [0.05, 0.1) is 24.6 Å². The fourth-order valence-electron chi connectivity index (χ4n) is 8.98. The summed E-state index contributed by atoms with van der Waals surface area (Å²) in [7, 11) is -2.60. The van der Waals surface area contributed by atoms with Crippen molar-refractivity contribution in [2.24, 2.45) is 29.4 Å². The van der Waals surface area contributed by atoms with Crippen LogP contribution in [0.1, 0.15) is 98.3 Å². The van der Waals surface area contributed by atoms with E-state index in [1.54, 1.807) is 25.1 Å². The molecule has 2 aliphatic carbocycles. The fourth-order valence-corrected chi connectivity index (χ4v) is 10.4. The van der Waals surface area contributed by atoms with E-state index in [0.29, 0.717) is 75.0 Å². The molecule has 2 aliphatic heterocycles. The van der Waals surface area contributed by atoms with Crippen LogP contribution >= 0.6 is 0 Å². The number of hydrogen-bond donors (Lipinski definition) is 3. The molecule has 2 saturated heterocycles. The van der Waals surface area contributed by atoms with Gasteiger partial charge in [0.25, 0.3) is 0 Å². The number of benzene rings is 1. The molecular formula is C44H61F4N7O9S. The van der Waals surface area contributed by atoms with Gasteiger partial charge in [0.1, 0.15) is 35.4 Å². The first-order valence-corrected chi connectivity index (χ1v) is 23.8. The number of amides is 4. The number of rotatable bonds is 19. The molecule has 4 N–H and O–H groups in total. The summed E-state index contributed by atoms with van der Waals surface area (Å²) in [4.78, 5) is 66.4. The Hall–Kier alpha value is -4.95. The average molecular weight is 940 g/mol. The van der Waals surface area contributed by atoms with Gasteiger partial charge < -0.3 is 35.1 Å². The number of fused-ring (bicyclic) bond motifs is 1. The summed E-state index contributed by atoms with van der Waals surface area (Å²) in [5, 5.41) is 2.94. The average Bonchev–Trinajstić information content (AvgIpc) is 3.54. The second kappa shape index (κ2) is 19.9. The smallest absolute Gasteiger partial charge is 0.427 e. The van der Waals surface area contributed by atoms with Crippen LogP contribution in [0, 0.1) is 23.7 Å². The highest BCUT2D eigenvalue weighted by atomic mass is 32.2. The maximum atomic E-state index is 14.6. The van der Waals surface area contributed by atoms with Crippen LogP contribution in [-0.4, -0.2) is 115 Å². The molecule has 2 aromatic rings. The molecule has 360 valence electrons. The lowest BCUT2D eigenvalue weighted by Crippen LogP contribution is -2.56. The molecule has 21 heteroatoms. The van der Waals surface area contributed by atoms with Gasteiger partial charge in [0.15, 0.2) is 0 Å². The Balaban J connectivity index is 1.15. The summed E-state index contributed by atoms with van der Waals surface area (Å²) in [5.41, 5.74) is 3.51. The third-order valence-electron chi connectivity index (χ3n) is 13.3. The van der Waals surface area contributed by atoms with Gasteiger partial charge >= 0.3 is 12.3 Å². The third-order valence-corrected chi connectivity index (χ3v) is 15.4. The molecule has 0 bridgehead atoms. The Morgan fingerprint density at radius 2 is 1.77 bits per heavy atom. The van der Waals surface area contributed by atoms with E-state index >= 15 is 0 Å². The number of nitrogens with two attached hydrogens (primary N) is 1. The first kappa shape index (κ1) is 49.5. The molecule has 4 amide bonds. The minimum absolute atomic E-state index is 0.0329. The zero-order chi connectivity index (χ0) is 47.5. The number of likely N-dealkylation sites (tertiary alicyclic amines) is 1. The van der Waals surface area contributed by atoms with E-state index in [1.807, 2.05) is 24.0 Å². The minimum Gasteiger partial charge on any atom is -0.497 e. The van der Waals surface area contributed by atoms with E-state index in [4.69, 9.17) is 29.9 Å². The van der Waals surface area contributed by atoms with E-state index in [9.17, 15) is 45.2 Å².